The summed E-state index contributed by atoms with van der Waals surface area (Å²) in [6, 6.07) is 4.25. The normalized spacial score (nSPS) is 13.3. The van der Waals surface area contributed by atoms with Gasteiger partial charge in [0.05, 0.1) is 6.61 Å². The van der Waals surface area contributed by atoms with Gasteiger partial charge in [-0.2, -0.15) is 14.4 Å². The van der Waals surface area contributed by atoms with Crippen molar-refractivity contribution in [1.29, 1.82) is 0 Å². The van der Waals surface area contributed by atoms with Crippen LogP contribution in [0.15, 0.2) is 12.1 Å². The Morgan fingerprint density at radius 1 is 1.31 bits per heavy atom. The monoisotopic (exact) mass is 507 g/mol. The standard InChI is InChI=1S/C20H24FIN6O/c1-11(2)10-24-4-5-28-16(25-17-18(23)26-20(21)27-19(17)28)9-13-8-15-12(3-6-29-15)7-14(13)22/h7-8,11,24H,3-6,9-10H2,1-2H3,(H2,23,26,27)/i22-3. The Bertz CT molecular complexity index is 1050. The first-order valence-electron chi connectivity index (χ1n) is 9.75. The summed E-state index contributed by atoms with van der Waals surface area (Å²) in [4.78, 5) is 12.3. The van der Waals surface area contributed by atoms with Crippen LogP contribution in [0.2, 0.25) is 0 Å². The Kier molecular flexibility index (Phi) is 5.86. The smallest absolute Gasteiger partial charge is 0.312 e. The van der Waals surface area contributed by atoms with E-state index in [-0.39, 0.29) is 5.82 Å². The molecule has 0 saturated heterocycles. The summed E-state index contributed by atoms with van der Waals surface area (Å²) >= 11 is 2.35. The maximum absolute atomic E-state index is 13.8. The molecule has 1 aliphatic rings. The molecular weight excluding hydrogens is 483 g/mol. The summed E-state index contributed by atoms with van der Waals surface area (Å²) in [5.74, 6) is 2.34. The molecule has 3 aromatic rings. The van der Waals surface area contributed by atoms with Crippen molar-refractivity contribution in [3.63, 3.8) is 0 Å². The fourth-order valence-corrected chi connectivity index (χ4v) is 4.26. The molecule has 154 valence electrons. The van der Waals surface area contributed by atoms with E-state index in [2.05, 4.69) is 68.8 Å². The molecule has 0 amide bonds. The van der Waals surface area contributed by atoms with Crippen LogP contribution in [-0.4, -0.2) is 39.2 Å². The molecule has 0 saturated carbocycles. The van der Waals surface area contributed by atoms with Gasteiger partial charge in [0.1, 0.15) is 11.6 Å². The van der Waals surface area contributed by atoms with Gasteiger partial charge in [-0.3, -0.25) is 0 Å². The molecule has 4 rings (SSSR count). The van der Waals surface area contributed by atoms with E-state index in [0.717, 1.165) is 46.8 Å². The molecule has 7 nitrogen and oxygen atoms in total. The van der Waals surface area contributed by atoms with Crippen molar-refractivity contribution >= 4 is 39.6 Å². The second kappa shape index (κ2) is 8.39. The minimum Gasteiger partial charge on any atom is -0.493 e. The number of nitrogens with one attached hydrogen (secondary N) is 1. The third-order valence-corrected chi connectivity index (χ3v) is 5.95. The molecule has 1 aliphatic heterocycles. The van der Waals surface area contributed by atoms with Crippen molar-refractivity contribution in [3.8, 4) is 5.75 Å². The summed E-state index contributed by atoms with van der Waals surface area (Å²) in [5.41, 5.74) is 9.16. The molecule has 29 heavy (non-hydrogen) atoms. The van der Waals surface area contributed by atoms with Gasteiger partial charge in [-0.15, -0.1) is 0 Å². The van der Waals surface area contributed by atoms with Gasteiger partial charge in [0, 0.05) is 29.5 Å². The minimum absolute atomic E-state index is 0.0645. The maximum Gasteiger partial charge on any atom is 0.312 e. The number of imidazole rings is 1. The average Bonchev–Trinajstić information content (AvgIpc) is 3.23. The van der Waals surface area contributed by atoms with Gasteiger partial charge in [-0.05, 0) is 58.3 Å². The van der Waals surface area contributed by atoms with E-state index in [4.69, 9.17) is 10.5 Å². The molecule has 0 bridgehead atoms. The van der Waals surface area contributed by atoms with Crippen LogP contribution in [-0.2, 0) is 19.4 Å². The largest absolute Gasteiger partial charge is 0.493 e. The lowest BCUT2D eigenvalue weighted by Crippen LogP contribution is -2.25. The number of halogens is 2. The quantitative estimate of drug-likeness (QED) is 0.291. The van der Waals surface area contributed by atoms with Crippen molar-refractivity contribution in [2.24, 2.45) is 5.92 Å². The number of nitrogens with zero attached hydrogens (tertiary/aromatic N) is 4. The number of benzene rings is 1. The predicted molar refractivity (Wildman–Crippen MR) is 119 cm³/mol. The first-order valence-corrected chi connectivity index (χ1v) is 10.8. The number of fused-ring (bicyclic) bond motifs is 2. The lowest BCUT2D eigenvalue weighted by molar-refractivity contribution is 0.356. The first-order chi connectivity index (χ1) is 13.9. The van der Waals surface area contributed by atoms with E-state index in [1.165, 1.54) is 5.56 Å². The van der Waals surface area contributed by atoms with Crippen LogP contribution in [0.25, 0.3) is 11.2 Å². The lowest BCUT2D eigenvalue weighted by atomic mass is 10.1. The Hall–Kier alpha value is -2.01. The summed E-state index contributed by atoms with van der Waals surface area (Å²) in [6.07, 6.45) is 0.687. The third kappa shape index (κ3) is 4.30. The van der Waals surface area contributed by atoms with Crippen LogP contribution in [0, 0.1) is 15.6 Å². The highest BCUT2D eigenvalue weighted by Gasteiger charge is 2.20. The van der Waals surface area contributed by atoms with E-state index in [0.29, 0.717) is 30.0 Å². The second-order valence-electron chi connectivity index (χ2n) is 7.65. The first kappa shape index (κ1) is 20.3. The summed E-state index contributed by atoms with van der Waals surface area (Å²) in [6.45, 7) is 7.30. The summed E-state index contributed by atoms with van der Waals surface area (Å²) in [5, 5.41) is 3.41. The van der Waals surface area contributed by atoms with Crippen LogP contribution < -0.4 is 15.8 Å². The fraction of sp³-hybridized carbons (Fsp3) is 0.450. The number of hydrogen-bond acceptors (Lipinski definition) is 6. The molecule has 9 heteroatoms. The lowest BCUT2D eigenvalue weighted by Gasteiger charge is -2.12. The molecule has 0 radical (unpaired) electrons. The Morgan fingerprint density at radius 2 is 2.14 bits per heavy atom. The molecule has 0 fully saturated rings. The van der Waals surface area contributed by atoms with Gasteiger partial charge < -0.3 is 20.4 Å². The zero-order valence-electron chi connectivity index (χ0n) is 16.5. The Balaban J connectivity index is 1.69. The molecule has 0 aliphatic carbocycles. The summed E-state index contributed by atoms with van der Waals surface area (Å²) in [7, 11) is 0. The molecule has 3 heterocycles. The average molecular weight is 507 g/mol. The van der Waals surface area contributed by atoms with E-state index >= 15 is 0 Å². The predicted octanol–water partition coefficient (Wildman–Crippen LogP) is 2.92. The maximum atomic E-state index is 13.8. The number of nitrogens with two attached hydrogens (primary N) is 1. The number of nitrogen functional groups attached to an aromatic ring is 1. The van der Waals surface area contributed by atoms with Gasteiger partial charge in [0.2, 0.25) is 0 Å². The van der Waals surface area contributed by atoms with Crippen molar-refractivity contribution in [2.45, 2.75) is 33.2 Å². The van der Waals surface area contributed by atoms with E-state index in [9.17, 15) is 4.39 Å². The van der Waals surface area contributed by atoms with Crippen LogP contribution in [0.4, 0.5) is 10.2 Å². The highest BCUT2D eigenvalue weighted by Crippen LogP contribution is 2.31. The molecule has 0 unspecified atom stereocenters. The second-order valence-corrected chi connectivity index (χ2v) is 8.82. The minimum atomic E-state index is -0.835. The van der Waals surface area contributed by atoms with Crippen molar-refractivity contribution in [3.05, 3.63) is 38.7 Å². The zero-order valence-corrected chi connectivity index (χ0v) is 18.7. The van der Waals surface area contributed by atoms with Crippen LogP contribution in [0.5, 0.6) is 5.75 Å². The van der Waals surface area contributed by atoms with E-state index in [1.807, 2.05) is 4.57 Å². The van der Waals surface area contributed by atoms with Crippen LogP contribution >= 0.6 is 22.6 Å². The van der Waals surface area contributed by atoms with E-state index in [1.54, 1.807) is 0 Å². The number of hydrogen-bond donors (Lipinski definition) is 2. The topological polar surface area (TPSA) is 90.9 Å². The SMILES string of the molecule is CC(C)CNCCn1c(Cc2cc3c(cc2[124I])CCO3)nc2c(N)nc(F)nc21. The Labute approximate surface area is 182 Å². The van der Waals surface area contributed by atoms with Gasteiger partial charge in [0.25, 0.3) is 0 Å². The van der Waals surface area contributed by atoms with Gasteiger partial charge in [-0.25, -0.2) is 4.98 Å². The number of ether oxygens (including phenoxy) is 1. The third-order valence-electron chi connectivity index (χ3n) is 4.95. The zero-order chi connectivity index (χ0) is 20.5. The number of aromatic nitrogens is 4. The highest BCUT2D eigenvalue weighted by atomic mass is 124. The summed E-state index contributed by atoms with van der Waals surface area (Å²) < 4.78 is 22.7. The molecule has 0 spiro atoms. The molecule has 1 aromatic carbocycles. The van der Waals surface area contributed by atoms with Gasteiger partial charge in [-0.1, -0.05) is 13.8 Å². The van der Waals surface area contributed by atoms with Crippen molar-refractivity contribution < 1.29 is 9.13 Å². The van der Waals surface area contributed by atoms with Gasteiger partial charge in [0.15, 0.2) is 17.0 Å². The fourth-order valence-electron chi connectivity index (χ4n) is 3.53. The molecule has 0 atom stereocenters. The molecule has 2 aromatic heterocycles. The number of rotatable bonds is 7. The van der Waals surface area contributed by atoms with Crippen molar-refractivity contribution in [1.82, 2.24) is 24.8 Å². The van der Waals surface area contributed by atoms with Crippen LogP contribution in [0.3, 0.4) is 0 Å². The Morgan fingerprint density at radius 3 is 2.93 bits per heavy atom. The highest BCUT2D eigenvalue weighted by molar-refractivity contribution is 14.1. The molecular formula is C20H24FIN6O. The number of anilines is 1. The van der Waals surface area contributed by atoms with E-state index < -0.39 is 6.08 Å². The van der Waals surface area contributed by atoms with Gasteiger partial charge >= 0.3 is 6.08 Å². The van der Waals surface area contributed by atoms with Crippen LogP contribution in [0.1, 0.15) is 30.8 Å². The molecule has 3 N–H and O–H groups in total. The van der Waals surface area contributed by atoms with Crippen molar-refractivity contribution in [2.75, 3.05) is 25.4 Å².